The van der Waals surface area contributed by atoms with E-state index in [1.54, 1.807) is 11.8 Å². The smallest absolute Gasteiger partial charge is 0.191 e. The van der Waals surface area contributed by atoms with Crippen molar-refractivity contribution in [2.75, 3.05) is 25.6 Å². The minimum absolute atomic E-state index is 0.0521. The van der Waals surface area contributed by atoms with Gasteiger partial charge in [-0.25, -0.2) is 0 Å². The SMILES string of the molecule is CCn1c(SCCOCCO)nnc1-c1ccc(Cl)cc1. The predicted molar refractivity (Wildman–Crippen MR) is 84.8 cm³/mol. The third-order valence-electron chi connectivity index (χ3n) is 2.83. The number of nitrogens with zero attached hydrogens (tertiary/aromatic N) is 3. The van der Waals surface area contributed by atoms with Crippen LogP contribution in [0.25, 0.3) is 11.4 Å². The van der Waals surface area contributed by atoms with E-state index >= 15 is 0 Å². The highest BCUT2D eigenvalue weighted by atomic mass is 35.5. The van der Waals surface area contributed by atoms with Crippen molar-refractivity contribution in [3.8, 4) is 11.4 Å². The molecule has 0 aliphatic heterocycles. The molecule has 0 amide bonds. The predicted octanol–water partition coefficient (Wildman–Crippen LogP) is 2.72. The Bertz CT molecular complexity index is 560. The lowest BCUT2D eigenvalue weighted by Gasteiger charge is -2.07. The van der Waals surface area contributed by atoms with Gasteiger partial charge in [0, 0.05) is 22.9 Å². The van der Waals surface area contributed by atoms with Crippen molar-refractivity contribution in [1.29, 1.82) is 0 Å². The Labute approximate surface area is 133 Å². The maximum Gasteiger partial charge on any atom is 0.191 e. The van der Waals surface area contributed by atoms with Crippen LogP contribution in [0.5, 0.6) is 0 Å². The van der Waals surface area contributed by atoms with E-state index < -0.39 is 0 Å². The van der Waals surface area contributed by atoms with E-state index in [2.05, 4.69) is 21.7 Å². The van der Waals surface area contributed by atoms with E-state index in [1.807, 2.05) is 24.3 Å². The van der Waals surface area contributed by atoms with Gasteiger partial charge in [-0.2, -0.15) is 0 Å². The fourth-order valence-corrected chi connectivity index (χ4v) is 2.83. The molecule has 0 unspecified atom stereocenters. The molecule has 0 bridgehead atoms. The number of rotatable bonds is 8. The van der Waals surface area contributed by atoms with Gasteiger partial charge in [0.05, 0.1) is 19.8 Å². The van der Waals surface area contributed by atoms with Crippen molar-refractivity contribution >= 4 is 23.4 Å². The molecular weight excluding hydrogens is 310 g/mol. The van der Waals surface area contributed by atoms with Crippen molar-refractivity contribution in [3.05, 3.63) is 29.3 Å². The van der Waals surface area contributed by atoms with Gasteiger partial charge >= 0.3 is 0 Å². The van der Waals surface area contributed by atoms with Crippen molar-refractivity contribution < 1.29 is 9.84 Å². The Morgan fingerprint density at radius 3 is 2.67 bits per heavy atom. The van der Waals surface area contributed by atoms with E-state index in [0.29, 0.717) is 18.2 Å². The van der Waals surface area contributed by atoms with Crippen LogP contribution >= 0.6 is 23.4 Å². The average molecular weight is 328 g/mol. The second-order valence-electron chi connectivity index (χ2n) is 4.24. The molecule has 0 saturated heterocycles. The first-order valence-corrected chi connectivity index (χ1v) is 8.13. The summed E-state index contributed by atoms with van der Waals surface area (Å²) in [6.07, 6.45) is 0. The lowest BCUT2D eigenvalue weighted by Crippen LogP contribution is -2.04. The fraction of sp³-hybridized carbons (Fsp3) is 0.429. The summed E-state index contributed by atoms with van der Waals surface area (Å²) >= 11 is 7.51. The summed E-state index contributed by atoms with van der Waals surface area (Å²) in [5, 5.41) is 18.7. The topological polar surface area (TPSA) is 60.2 Å². The van der Waals surface area contributed by atoms with Crippen LogP contribution < -0.4 is 0 Å². The van der Waals surface area contributed by atoms with Crippen molar-refractivity contribution in [2.45, 2.75) is 18.6 Å². The zero-order chi connectivity index (χ0) is 15.1. The number of aromatic nitrogens is 3. The molecule has 0 radical (unpaired) electrons. The van der Waals surface area contributed by atoms with Crippen LogP contribution in [0.4, 0.5) is 0 Å². The molecule has 1 aromatic heterocycles. The molecule has 7 heteroatoms. The number of aliphatic hydroxyl groups excluding tert-OH is 1. The number of halogens is 1. The van der Waals surface area contributed by atoms with Crippen LogP contribution in [-0.2, 0) is 11.3 Å². The molecule has 2 rings (SSSR count). The second kappa shape index (κ2) is 8.38. The number of aliphatic hydroxyl groups is 1. The van der Waals surface area contributed by atoms with Crippen LogP contribution in [0.15, 0.2) is 29.4 Å². The van der Waals surface area contributed by atoms with Crippen LogP contribution in [-0.4, -0.2) is 45.4 Å². The molecule has 1 heterocycles. The number of hydrogen-bond donors (Lipinski definition) is 1. The van der Waals surface area contributed by atoms with E-state index in [9.17, 15) is 0 Å². The maximum absolute atomic E-state index is 8.65. The molecule has 1 aromatic carbocycles. The summed E-state index contributed by atoms with van der Waals surface area (Å²) in [5.74, 6) is 1.62. The molecule has 5 nitrogen and oxygen atoms in total. The largest absolute Gasteiger partial charge is 0.394 e. The van der Waals surface area contributed by atoms with Crippen molar-refractivity contribution in [2.24, 2.45) is 0 Å². The van der Waals surface area contributed by atoms with Gasteiger partial charge in [-0.05, 0) is 31.2 Å². The zero-order valence-corrected chi connectivity index (χ0v) is 13.4. The van der Waals surface area contributed by atoms with E-state index in [1.165, 1.54) is 0 Å². The highest BCUT2D eigenvalue weighted by molar-refractivity contribution is 7.99. The van der Waals surface area contributed by atoms with Crippen LogP contribution in [0.3, 0.4) is 0 Å². The van der Waals surface area contributed by atoms with E-state index in [-0.39, 0.29) is 6.61 Å². The third kappa shape index (κ3) is 4.44. The highest BCUT2D eigenvalue weighted by Crippen LogP contribution is 2.24. The van der Waals surface area contributed by atoms with Crippen molar-refractivity contribution in [1.82, 2.24) is 14.8 Å². The molecule has 2 aromatic rings. The van der Waals surface area contributed by atoms with E-state index in [0.717, 1.165) is 28.8 Å². The molecule has 0 aliphatic rings. The van der Waals surface area contributed by atoms with Gasteiger partial charge in [-0.3, -0.25) is 0 Å². The van der Waals surface area contributed by atoms with Gasteiger partial charge < -0.3 is 14.4 Å². The molecule has 21 heavy (non-hydrogen) atoms. The van der Waals surface area contributed by atoms with Crippen molar-refractivity contribution in [3.63, 3.8) is 0 Å². The number of benzene rings is 1. The summed E-state index contributed by atoms with van der Waals surface area (Å²) < 4.78 is 7.31. The first-order valence-electron chi connectivity index (χ1n) is 6.76. The lowest BCUT2D eigenvalue weighted by atomic mass is 10.2. The molecule has 0 atom stereocenters. The second-order valence-corrected chi connectivity index (χ2v) is 5.74. The van der Waals surface area contributed by atoms with Gasteiger partial charge in [-0.1, -0.05) is 23.4 Å². The first kappa shape index (κ1) is 16.3. The summed E-state index contributed by atoms with van der Waals surface area (Å²) in [6.45, 7) is 3.87. The Morgan fingerprint density at radius 1 is 1.24 bits per heavy atom. The summed E-state index contributed by atoms with van der Waals surface area (Å²) in [6, 6.07) is 7.58. The molecule has 0 aliphatic carbocycles. The monoisotopic (exact) mass is 327 g/mol. The minimum atomic E-state index is 0.0521. The maximum atomic E-state index is 8.65. The molecule has 1 N–H and O–H groups in total. The highest BCUT2D eigenvalue weighted by Gasteiger charge is 2.12. The Balaban J connectivity index is 2.05. The van der Waals surface area contributed by atoms with Crippen LogP contribution in [0.2, 0.25) is 5.02 Å². The first-order chi connectivity index (χ1) is 10.3. The minimum Gasteiger partial charge on any atom is -0.394 e. The van der Waals surface area contributed by atoms with Gasteiger partial charge in [0.15, 0.2) is 11.0 Å². The third-order valence-corrected chi connectivity index (χ3v) is 4.01. The van der Waals surface area contributed by atoms with Gasteiger partial charge in [-0.15, -0.1) is 10.2 Å². The molecular formula is C14H18ClN3O2S. The average Bonchev–Trinajstić information content (AvgIpc) is 2.90. The normalized spacial score (nSPS) is 11.0. The standard InChI is InChI=1S/C14H18ClN3O2S/c1-2-18-13(11-3-5-12(15)6-4-11)16-17-14(18)21-10-9-20-8-7-19/h3-6,19H,2,7-10H2,1H3. The molecule has 114 valence electrons. The van der Waals surface area contributed by atoms with Crippen LogP contribution in [0, 0.1) is 0 Å². The number of hydrogen-bond acceptors (Lipinski definition) is 5. The quantitative estimate of drug-likeness (QED) is 0.596. The summed E-state index contributed by atoms with van der Waals surface area (Å²) in [4.78, 5) is 0. The van der Waals surface area contributed by atoms with Gasteiger partial charge in [0.25, 0.3) is 0 Å². The van der Waals surface area contributed by atoms with Gasteiger partial charge in [0.2, 0.25) is 0 Å². The zero-order valence-electron chi connectivity index (χ0n) is 11.8. The summed E-state index contributed by atoms with van der Waals surface area (Å²) in [7, 11) is 0. The fourth-order valence-electron chi connectivity index (χ4n) is 1.85. The van der Waals surface area contributed by atoms with Gasteiger partial charge in [0.1, 0.15) is 0 Å². The number of ether oxygens (including phenoxy) is 1. The molecule has 0 spiro atoms. The molecule has 0 saturated carbocycles. The lowest BCUT2D eigenvalue weighted by molar-refractivity contribution is 0.103. The number of thioether (sulfide) groups is 1. The summed E-state index contributed by atoms with van der Waals surface area (Å²) in [5.41, 5.74) is 0.997. The Kier molecular flexibility index (Phi) is 6.50. The Morgan fingerprint density at radius 2 is 2.00 bits per heavy atom. The molecule has 0 fully saturated rings. The Hall–Kier alpha value is -1.08. The van der Waals surface area contributed by atoms with Crippen LogP contribution in [0.1, 0.15) is 6.92 Å². The van der Waals surface area contributed by atoms with E-state index in [4.69, 9.17) is 21.4 Å².